The molecule has 128 valence electrons. The molecule has 5 nitrogen and oxygen atoms in total. The van der Waals surface area contributed by atoms with E-state index in [9.17, 15) is 10.1 Å². The highest BCUT2D eigenvalue weighted by Crippen LogP contribution is 2.22. The molecule has 0 aliphatic rings. The van der Waals surface area contributed by atoms with Gasteiger partial charge in [0.15, 0.2) is 0 Å². The molecule has 0 fully saturated rings. The first-order chi connectivity index (χ1) is 12.8. The monoisotopic (exact) mass is 342 g/mol. The molecule has 0 aliphatic carbocycles. The van der Waals surface area contributed by atoms with Gasteiger partial charge in [-0.2, -0.15) is 10.4 Å². The Morgan fingerprint density at radius 2 is 1.81 bits per heavy atom. The van der Waals surface area contributed by atoms with E-state index in [-0.39, 0.29) is 11.5 Å². The van der Waals surface area contributed by atoms with Gasteiger partial charge in [-0.1, -0.05) is 60.7 Å². The van der Waals surface area contributed by atoms with Crippen molar-refractivity contribution in [1.29, 1.82) is 5.26 Å². The van der Waals surface area contributed by atoms with Crippen LogP contribution in [-0.2, 0) is 11.2 Å². The standard InChI is InChI=1S/C21H18N4O/c22-14-18(21(26)23-12-11-16-7-3-1-4-8-16)13-19-15-24-25-20(19)17-9-5-2-6-10-17/h1-10,13,15H,11-12H2,(H,23,26)(H,24,25). The van der Waals surface area contributed by atoms with Crippen molar-refractivity contribution in [2.45, 2.75) is 6.42 Å². The molecule has 0 radical (unpaired) electrons. The van der Waals surface area contributed by atoms with Crippen LogP contribution in [0.5, 0.6) is 0 Å². The molecule has 1 amide bonds. The van der Waals surface area contributed by atoms with Gasteiger partial charge in [0.05, 0.1) is 11.9 Å². The van der Waals surface area contributed by atoms with Crippen LogP contribution in [-0.4, -0.2) is 22.6 Å². The van der Waals surface area contributed by atoms with Crippen molar-refractivity contribution in [1.82, 2.24) is 15.5 Å². The van der Waals surface area contributed by atoms with Gasteiger partial charge < -0.3 is 5.32 Å². The summed E-state index contributed by atoms with van der Waals surface area (Å²) in [6.45, 7) is 0.471. The molecule has 3 rings (SSSR count). The van der Waals surface area contributed by atoms with E-state index < -0.39 is 0 Å². The number of hydrogen-bond donors (Lipinski definition) is 2. The van der Waals surface area contributed by atoms with Crippen molar-refractivity contribution in [3.63, 3.8) is 0 Å². The molecule has 0 spiro atoms. The van der Waals surface area contributed by atoms with Gasteiger partial charge in [-0.3, -0.25) is 9.89 Å². The molecule has 3 aromatic rings. The van der Waals surface area contributed by atoms with E-state index in [1.165, 1.54) is 0 Å². The minimum atomic E-state index is -0.386. The van der Waals surface area contributed by atoms with Crippen LogP contribution in [0, 0.1) is 11.3 Å². The van der Waals surface area contributed by atoms with Gasteiger partial charge in [-0.15, -0.1) is 0 Å². The number of carbonyl (C=O) groups excluding carboxylic acids is 1. The van der Waals surface area contributed by atoms with Crippen LogP contribution in [0.2, 0.25) is 0 Å². The van der Waals surface area contributed by atoms with E-state index in [1.807, 2.05) is 66.7 Å². The summed E-state index contributed by atoms with van der Waals surface area (Å²) in [7, 11) is 0. The molecule has 1 aromatic heterocycles. The third-order valence-corrected chi connectivity index (χ3v) is 3.94. The second kappa shape index (κ2) is 8.45. The number of aromatic nitrogens is 2. The van der Waals surface area contributed by atoms with Crippen molar-refractivity contribution >= 4 is 12.0 Å². The lowest BCUT2D eigenvalue weighted by Crippen LogP contribution is -2.26. The molecule has 0 atom stereocenters. The third kappa shape index (κ3) is 4.25. The topological polar surface area (TPSA) is 81.6 Å². The number of hydrogen-bond acceptors (Lipinski definition) is 3. The van der Waals surface area contributed by atoms with Crippen molar-refractivity contribution in [3.8, 4) is 17.3 Å². The fourth-order valence-electron chi connectivity index (χ4n) is 2.61. The lowest BCUT2D eigenvalue weighted by molar-refractivity contribution is -0.117. The van der Waals surface area contributed by atoms with Gasteiger partial charge in [0.2, 0.25) is 0 Å². The number of carbonyl (C=O) groups is 1. The number of amides is 1. The summed E-state index contributed by atoms with van der Waals surface area (Å²) in [5.74, 6) is -0.386. The molecule has 5 heteroatoms. The number of benzene rings is 2. The predicted octanol–water partition coefficient (Wildman–Crippen LogP) is 3.34. The third-order valence-electron chi connectivity index (χ3n) is 3.94. The van der Waals surface area contributed by atoms with Gasteiger partial charge in [0, 0.05) is 17.7 Å². The Bertz CT molecular complexity index is 937. The van der Waals surface area contributed by atoms with E-state index >= 15 is 0 Å². The first kappa shape index (κ1) is 17.2. The maximum absolute atomic E-state index is 12.3. The number of nitriles is 1. The summed E-state index contributed by atoms with van der Waals surface area (Å²) in [6, 6.07) is 21.5. The minimum absolute atomic E-state index is 0.0524. The van der Waals surface area contributed by atoms with Crippen molar-refractivity contribution in [2.24, 2.45) is 0 Å². The van der Waals surface area contributed by atoms with Crippen molar-refractivity contribution < 1.29 is 4.79 Å². The van der Waals surface area contributed by atoms with Gasteiger partial charge in [0.25, 0.3) is 5.91 Å². The molecule has 2 aromatic carbocycles. The number of H-pyrrole nitrogens is 1. The summed E-state index contributed by atoms with van der Waals surface area (Å²) in [4.78, 5) is 12.3. The lowest BCUT2D eigenvalue weighted by atomic mass is 10.1. The Morgan fingerprint density at radius 1 is 1.12 bits per heavy atom. The van der Waals surface area contributed by atoms with Crippen molar-refractivity contribution in [2.75, 3.05) is 6.54 Å². The van der Waals surface area contributed by atoms with Crippen LogP contribution >= 0.6 is 0 Å². The Morgan fingerprint density at radius 3 is 2.50 bits per heavy atom. The van der Waals surface area contributed by atoms with E-state index in [1.54, 1.807) is 12.3 Å². The number of rotatable bonds is 6. The highest BCUT2D eigenvalue weighted by molar-refractivity contribution is 6.02. The molecule has 0 bridgehead atoms. The fraction of sp³-hybridized carbons (Fsp3) is 0.0952. The first-order valence-corrected chi connectivity index (χ1v) is 8.30. The van der Waals surface area contributed by atoms with Gasteiger partial charge in [-0.05, 0) is 18.1 Å². The number of nitrogens with zero attached hydrogens (tertiary/aromatic N) is 2. The van der Waals surface area contributed by atoms with Crippen LogP contribution in [0.15, 0.2) is 72.4 Å². The summed E-state index contributed by atoms with van der Waals surface area (Å²) in [6.07, 6.45) is 3.88. The zero-order valence-corrected chi connectivity index (χ0v) is 14.1. The maximum atomic E-state index is 12.3. The van der Waals surface area contributed by atoms with Gasteiger partial charge in [0.1, 0.15) is 11.6 Å². The normalized spacial score (nSPS) is 11.0. The zero-order chi connectivity index (χ0) is 18.2. The average Bonchev–Trinajstić information content (AvgIpc) is 3.15. The van der Waals surface area contributed by atoms with Crippen LogP contribution in [0.3, 0.4) is 0 Å². The highest BCUT2D eigenvalue weighted by Gasteiger charge is 2.12. The Balaban J connectivity index is 1.70. The van der Waals surface area contributed by atoms with Gasteiger partial charge >= 0.3 is 0 Å². The molecule has 0 aliphatic heterocycles. The first-order valence-electron chi connectivity index (χ1n) is 8.30. The Hall–Kier alpha value is -3.65. The van der Waals surface area contributed by atoms with Crippen molar-refractivity contribution in [3.05, 3.63) is 83.6 Å². The van der Waals surface area contributed by atoms with E-state index in [2.05, 4.69) is 15.5 Å². The number of aromatic amines is 1. The van der Waals surface area contributed by atoms with Crippen LogP contribution in [0.25, 0.3) is 17.3 Å². The smallest absolute Gasteiger partial charge is 0.261 e. The van der Waals surface area contributed by atoms with E-state index in [4.69, 9.17) is 0 Å². The fourth-order valence-corrected chi connectivity index (χ4v) is 2.61. The lowest BCUT2D eigenvalue weighted by Gasteiger charge is -2.05. The predicted molar refractivity (Wildman–Crippen MR) is 101 cm³/mol. The summed E-state index contributed by atoms with van der Waals surface area (Å²) in [5.41, 5.74) is 3.60. The molecule has 0 saturated heterocycles. The van der Waals surface area contributed by atoms with Crippen LogP contribution in [0.4, 0.5) is 0 Å². The zero-order valence-electron chi connectivity index (χ0n) is 14.1. The summed E-state index contributed by atoms with van der Waals surface area (Å²) in [5, 5.41) is 19.1. The maximum Gasteiger partial charge on any atom is 0.261 e. The highest BCUT2D eigenvalue weighted by atomic mass is 16.1. The summed E-state index contributed by atoms with van der Waals surface area (Å²) < 4.78 is 0. The van der Waals surface area contributed by atoms with Crippen LogP contribution < -0.4 is 5.32 Å². The molecule has 0 unspecified atom stereocenters. The molecule has 1 heterocycles. The minimum Gasteiger partial charge on any atom is -0.351 e. The molecular formula is C21H18N4O. The molecule has 26 heavy (non-hydrogen) atoms. The molecular weight excluding hydrogens is 324 g/mol. The second-order valence-electron chi connectivity index (χ2n) is 5.73. The second-order valence-corrected chi connectivity index (χ2v) is 5.73. The van der Waals surface area contributed by atoms with E-state index in [0.717, 1.165) is 16.8 Å². The van der Waals surface area contributed by atoms with Crippen LogP contribution in [0.1, 0.15) is 11.1 Å². The molecule has 2 N–H and O–H groups in total. The molecule has 0 saturated carbocycles. The van der Waals surface area contributed by atoms with Gasteiger partial charge in [-0.25, -0.2) is 0 Å². The quantitative estimate of drug-likeness (QED) is 0.532. The Labute approximate surface area is 152 Å². The number of nitrogens with one attached hydrogen (secondary N) is 2. The average molecular weight is 342 g/mol. The SMILES string of the molecule is N#CC(=Cc1cn[nH]c1-c1ccccc1)C(=O)NCCc1ccccc1. The van der Waals surface area contributed by atoms with E-state index in [0.29, 0.717) is 18.5 Å². The summed E-state index contributed by atoms with van der Waals surface area (Å²) >= 11 is 0. The Kier molecular flexibility index (Phi) is 5.58. The largest absolute Gasteiger partial charge is 0.351 e.